The molecule has 0 saturated carbocycles. The average Bonchev–Trinajstić information content (AvgIpc) is 2.59. The van der Waals surface area contributed by atoms with E-state index in [4.69, 9.17) is 4.74 Å². The van der Waals surface area contributed by atoms with Crippen molar-refractivity contribution in [3.63, 3.8) is 0 Å². The van der Waals surface area contributed by atoms with Crippen LogP contribution in [-0.4, -0.2) is 55.4 Å². The fraction of sp³-hybridized carbons (Fsp3) is 0.684. The second kappa shape index (κ2) is 7.65. The van der Waals surface area contributed by atoms with E-state index < -0.39 is 0 Å². The summed E-state index contributed by atoms with van der Waals surface area (Å²) in [6, 6.07) is 7.09. The zero-order valence-corrected chi connectivity index (χ0v) is 14.5. The van der Waals surface area contributed by atoms with Crippen molar-refractivity contribution in [1.82, 2.24) is 4.90 Å². The molecule has 1 N–H and O–H groups in total. The summed E-state index contributed by atoms with van der Waals surface area (Å²) in [4.78, 5) is 4.86. The molecule has 4 nitrogen and oxygen atoms in total. The largest absolute Gasteiger partial charge is 0.388 e. The maximum Gasteiger partial charge on any atom is 0.0802 e. The van der Waals surface area contributed by atoms with Crippen LogP contribution in [0.25, 0.3) is 0 Å². The normalized spacial score (nSPS) is 20.6. The highest BCUT2D eigenvalue weighted by Crippen LogP contribution is 2.31. The Balaban J connectivity index is 1.63. The van der Waals surface area contributed by atoms with Gasteiger partial charge in [0.15, 0.2) is 0 Å². The highest BCUT2D eigenvalue weighted by atomic mass is 16.5. The van der Waals surface area contributed by atoms with E-state index in [1.54, 1.807) is 0 Å². The number of benzene rings is 1. The van der Waals surface area contributed by atoms with Gasteiger partial charge in [-0.2, -0.15) is 0 Å². The van der Waals surface area contributed by atoms with Gasteiger partial charge >= 0.3 is 0 Å². The first kappa shape index (κ1) is 16.7. The van der Waals surface area contributed by atoms with Crippen LogP contribution in [-0.2, 0) is 11.2 Å². The van der Waals surface area contributed by atoms with Crippen LogP contribution < -0.4 is 4.90 Å². The van der Waals surface area contributed by atoms with Crippen molar-refractivity contribution in [2.75, 3.05) is 44.3 Å². The zero-order valence-electron chi connectivity index (χ0n) is 14.5. The molecule has 2 heterocycles. The number of aryl methyl sites for hydroxylation is 1. The van der Waals surface area contributed by atoms with Crippen molar-refractivity contribution in [2.24, 2.45) is 0 Å². The van der Waals surface area contributed by atoms with Crippen LogP contribution in [0.2, 0.25) is 0 Å². The lowest BCUT2D eigenvalue weighted by Crippen LogP contribution is -2.37. The van der Waals surface area contributed by atoms with Crippen LogP contribution in [0.5, 0.6) is 0 Å². The van der Waals surface area contributed by atoms with Gasteiger partial charge in [-0.3, -0.25) is 4.90 Å². The molecule has 4 heteroatoms. The number of morpholine rings is 1. The van der Waals surface area contributed by atoms with Gasteiger partial charge in [0.25, 0.3) is 0 Å². The fourth-order valence-corrected chi connectivity index (χ4v) is 3.69. The maximum absolute atomic E-state index is 10.6. The number of nitrogens with zero attached hydrogens (tertiary/aromatic N) is 2. The smallest absolute Gasteiger partial charge is 0.0802 e. The number of anilines is 1. The molecule has 1 saturated heterocycles. The number of aliphatic hydroxyl groups excluding tert-OH is 1. The van der Waals surface area contributed by atoms with E-state index in [2.05, 4.69) is 41.8 Å². The maximum atomic E-state index is 10.6. The van der Waals surface area contributed by atoms with Crippen molar-refractivity contribution in [3.05, 3.63) is 29.3 Å². The third-order valence-corrected chi connectivity index (χ3v) is 5.09. The first-order valence-electron chi connectivity index (χ1n) is 9.03. The zero-order chi connectivity index (χ0) is 16.2. The Morgan fingerprint density at radius 2 is 1.96 bits per heavy atom. The molecular formula is C19H30N2O2. The minimum atomic E-state index is -0.363. The van der Waals surface area contributed by atoms with Gasteiger partial charge < -0.3 is 14.7 Å². The summed E-state index contributed by atoms with van der Waals surface area (Å²) in [7, 11) is 0. The van der Waals surface area contributed by atoms with Crippen LogP contribution in [0.15, 0.2) is 18.2 Å². The summed E-state index contributed by atoms with van der Waals surface area (Å²) in [5, 5.41) is 10.6. The monoisotopic (exact) mass is 318 g/mol. The lowest BCUT2D eigenvalue weighted by atomic mass is 9.95. The van der Waals surface area contributed by atoms with E-state index >= 15 is 0 Å². The van der Waals surface area contributed by atoms with E-state index in [9.17, 15) is 5.11 Å². The lowest BCUT2D eigenvalue weighted by molar-refractivity contribution is 0.0300. The number of aliphatic hydroxyl groups is 1. The minimum Gasteiger partial charge on any atom is -0.388 e. The van der Waals surface area contributed by atoms with Crippen LogP contribution in [0.4, 0.5) is 5.69 Å². The molecule has 0 bridgehead atoms. The molecule has 1 fully saturated rings. The van der Waals surface area contributed by atoms with Gasteiger partial charge in [0, 0.05) is 37.9 Å². The van der Waals surface area contributed by atoms with Crippen molar-refractivity contribution < 1.29 is 9.84 Å². The highest BCUT2D eigenvalue weighted by molar-refractivity contribution is 5.57. The predicted molar refractivity (Wildman–Crippen MR) is 94.1 cm³/mol. The van der Waals surface area contributed by atoms with Crippen molar-refractivity contribution in [2.45, 2.75) is 45.3 Å². The first-order chi connectivity index (χ1) is 11.1. The quantitative estimate of drug-likeness (QED) is 0.905. The Morgan fingerprint density at radius 1 is 1.17 bits per heavy atom. The molecule has 0 aliphatic carbocycles. The van der Waals surface area contributed by atoms with Gasteiger partial charge in [-0.05, 0) is 50.3 Å². The number of ether oxygens (including phenoxy) is 1. The third kappa shape index (κ3) is 4.06. The van der Waals surface area contributed by atoms with Crippen molar-refractivity contribution in [3.8, 4) is 0 Å². The summed E-state index contributed by atoms with van der Waals surface area (Å²) >= 11 is 0. The molecule has 0 radical (unpaired) electrons. The topological polar surface area (TPSA) is 35.9 Å². The van der Waals surface area contributed by atoms with Crippen molar-refractivity contribution in [1.29, 1.82) is 0 Å². The second-order valence-electron chi connectivity index (χ2n) is 7.04. The average molecular weight is 318 g/mol. The summed E-state index contributed by atoms with van der Waals surface area (Å²) in [5.74, 6) is 0. The van der Waals surface area contributed by atoms with Crippen LogP contribution in [0.3, 0.4) is 0 Å². The minimum absolute atomic E-state index is 0.363. The summed E-state index contributed by atoms with van der Waals surface area (Å²) < 4.78 is 5.37. The molecule has 0 spiro atoms. The second-order valence-corrected chi connectivity index (χ2v) is 7.04. The van der Waals surface area contributed by atoms with Gasteiger partial charge in [-0.25, -0.2) is 0 Å². The summed E-state index contributed by atoms with van der Waals surface area (Å²) in [5.41, 5.74) is 3.82. The number of rotatable bonds is 5. The molecule has 1 atom stereocenters. The molecule has 1 aromatic carbocycles. The molecule has 0 aromatic heterocycles. The Bertz CT molecular complexity index is 512. The third-order valence-electron chi connectivity index (χ3n) is 5.09. The van der Waals surface area contributed by atoms with Gasteiger partial charge in [0.1, 0.15) is 0 Å². The molecular weight excluding hydrogens is 288 g/mol. The summed E-state index contributed by atoms with van der Waals surface area (Å²) in [6.45, 7) is 10.2. The van der Waals surface area contributed by atoms with Gasteiger partial charge in [0.05, 0.1) is 19.3 Å². The molecule has 2 aliphatic rings. The molecule has 0 amide bonds. The van der Waals surface area contributed by atoms with Crippen LogP contribution in [0, 0.1) is 0 Å². The first-order valence-corrected chi connectivity index (χ1v) is 9.03. The molecule has 1 aromatic rings. The van der Waals surface area contributed by atoms with Crippen LogP contribution in [0.1, 0.15) is 43.9 Å². The highest BCUT2D eigenvalue weighted by Gasteiger charge is 2.21. The van der Waals surface area contributed by atoms with E-state index in [1.165, 1.54) is 17.7 Å². The number of hydrogen-bond acceptors (Lipinski definition) is 4. The number of fused-ring (bicyclic) bond motifs is 1. The van der Waals surface area contributed by atoms with E-state index in [-0.39, 0.29) is 6.10 Å². The lowest BCUT2D eigenvalue weighted by Gasteiger charge is -2.35. The van der Waals surface area contributed by atoms with E-state index in [1.807, 2.05) is 0 Å². The van der Waals surface area contributed by atoms with Gasteiger partial charge in [-0.1, -0.05) is 12.1 Å². The Labute approximate surface area is 140 Å². The molecule has 1 unspecified atom stereocenters. The molecule has 3 rings (SSSR count). The van der Waals surface area contributed by atoms with Gasteiger partial charge in [0.2, 0.25) is 0 Å². The van der Waals surface area contributed by atoms with E-state index in [0.29, 0.717) is 6.04 Å². The molecule has 2 aliphatic heterocycles. The van der Waals surface area contributed by atoms with Gasteiger partial charge in [-0.15, -0.1) is 0 Å². The summed E-state index contributed by atoms with van der Waals surface area (Å²) in [6.07, 6.45) is 2.77. The Morgan fingerprint density at radius 3 is 2.70 bits per heavy atom. The molecule has 23 heavy (non-hydrogen) atoms. The Hall–Kier alpha value is -1.10. The fourth-order valence-electron chi connectivity index (χ4n) is 3.69. The standard InChI is InChI=1S/C19H30N2O2/c1-15(2)21-8-3-4-16-14-17(5-6-18(16)21)19(22)7-9-20-10-12-23-13-11-20/h5-6,14-15,19,22H,3-4,7-13H2,1-2H3. The SMILES string of the molecule is CC(C)N1CCCc2cc(C(O)CCN3CCOCC3)ccc21. The van der Waals surface area contributed by atoms with Crippen LogP contribution >= 0.6 is 0 Å². The number of hydrogen-bond donors (Lipinski definition) is 1. The molecule has 128 valence electrons. The van der Waals surface area contributed by atoms with E-state index in [0.717, 1.165) is 57.8 Å². The predicted octanol–water partition coefficient (Wildman–Crippen LogP) is 2.60. The van der Waals surface area contributed by atoms with Crippen molar-refractivity contribution >= 4 is 5.69 Å². The Kier molecular flexibility index (Phi) is 5.57.